The highest BCUT2D eigenvalue weighted by atomic mass is 16.5. The Hall–Kier alpha value is -3.03. The minimum atomic E-state index is -0.0834. The van der Waals surface area contributed by atoms with Crippen molar-refractivity contribution in [3.8, 4) is 17.3 Å². The molecule has 1 fully saturated rings. The standard InChI is InChI=1S/C18H20N6O2/c1-10(2)16-22-18(26-23-16)12-4-7-15(19-8-12)24-11(3)14(9-20-24)17(25)21-13-5-6-13/h4,7-10,13H,5-6H2,1-3H3,(H,21,25). The molecule has 4 rings (SSSR count). The monoisotopic (exact) mass is 352 g/mol. The Labute approximate surface area is 150 Å². The normalized spacial score (nSPS) is 14.0. The van der Waals surface area contributed by atoms with Crippen LogP contribution < -0.4 is 5.32 Å². The van der Waals surface area contributed by atoms with Crippen molar-refractivity contribution in [3.63, 3.8) is 0 Å². The maximum absolute atomic E-state index is 12.2. The van der Waals surface area contributed by atoms with Crippen LogP contribution in [0.4, 0.5) is 0 Å². The van der Waals surface area contributed by atoms with Gasteiger partial charge in [0.15, 0.2) is 11.6 Å². The molecule has 1 aliphatic carbocycles. The molecule has 1 aliphatic rings. The number of hydrogen-bond acceptors (Lipinski definition) is 6. The third-order valence-electron chi connectivity index (χ3n) is 4.34. The van der Waals surface area contributed by atoms with Crippen LogP contribution in [0.1, 0.15) is 54.5 Å². The Balaban J connectivity index is 1.56. The van der Waals surface area contributed by atoms with Gasteiger partial charge in [0.2, 0.25) is 0 Å². The molecule has 0 saturated heterocycles. The average Bonchev–Trinajstić information content (AvgIpc) is 3.15. The van der Waals surface area contributed by atoms with Crippen LogP contribution >= 0.6 is 0 Å². The van der Waals surface area contributed by atoms with E-state index < -0.39 is 0 Å². The van der Waals surface area contributed by atoms with Crippen LogP contribution in [-0.2, 0) is 0 Å². The fraction of sp³-hybridized carbons (Fsp3) is 0.389. The van der Waals surface area contributed by atoms with Crippen molar-refractivity contribution in [1.29, 1.82) is 0 Å². The zero-order valence-corrected chi connectivity index (χ0v) is 14.9. The van der Waals surface area contributed by atoms with Gasteiger partial charge in [0, 0.05) is 18.2 Å². The molecule has 0 aliphatic heterocycles. The van der Waals surface area contributed by atoms with Gasteiger partial charge >= 0.3 is 0 Å². The summed E-state index contributed by atoms with van der Waals surface area (Å²) in [6.45, 7) is 5.87. The van der Waals surface area contributed by atoms with Crippen molar-refractivity contribution in [2.24, 2.45) is 0 Å². The lowest BCUT2D eigenvalue weighted by molar-refractivity contribution is 0.0950. The number of rotatable bonds is 5. The number of hydrogen-bond donors (Lipinski definition) is 1. The molecule has 1 saturated carbocycles. The van der Waals surface area contributed by atoms with E-state index in [0.717, 1.165) is 24.1 Å². The molecule has 0 spiro atoms. The predicted octanol–water partition coefficient (Wildman–Crippen LogP) is 2.64. The molecular weight excluding hydrogens is 332 g/mol. The summed E-state index contributed by atoms with van der Waals surface area (Å²) in [5, 5.41) is 11.2. The molecule has 0 unspecified atom stereocenters. The molecule has 134 valence electrons. The molecule has 3 heterocycles. The van der Waals surface area contributed by atoms with Crippen LogP contribution in [0.2, 0.25) is 0 Å². The first-order valence-corrected chi connectivity index (χ1v) is 8.69. The molecule has 0 bridgehead atoms. The van der Waals surface area contributed by atoms with Crippen molar-refractivity contribution in [1.82, 2.24) is 30.2 Å². The third-order valence-corrected chi connectivity index (χ3v) is 4.34. The van der Waals surface area contributed by atoms with E-state index in [-0.39, 0.29) is 11.8 Å². The lowest BCUT2D eigenvalue weighted by Crippen LogP contribution is -2.25. The summed E-state index contributed by atoms with van der Waals surface area (Å²) in [7, 11) is 0. The highest BCUT2D eigenvalue weighted by Gasteiger charge is 2.25. The maximum Gasteiger partial charge on any atom is 0.259 e. The zero-order valence-electron chi connectivity index (χ0n) is 14.9. The summed E-state index contributed by atoms with van der Waals surface area (Å²) in [5.74, 6) is 1.85. The van der Waals surface area contributed by atoms with Crippen molar-refractivity contribution in [2.45, 2.75) is 45.6 Å². The quantitative estimate of drug-likeness (QED) is 0.758. The first-order valence-electron chi connectivity index (χ1n) is 8.69. The number of carbonyl (C=O) groups excluding carboxylic acids is 1. The van der Waals surface area contributed by atoms with Gasteiger partial charge in [-0.15, -0.1) is 0 Å². The molecule has 3 aromatic rings. The first-order chi connectivity index (χ1) is 12.5. The SMILES string of the molecule is Cc1c(C(=O)NC2CC2)cnn1-c1ccc(-c2nc(C(C)C)no2)cn1. The fourth-order valence-electron chi connectivity index (χ4n) is 2.58. The third kappa shape index (κ3) is 3.10. The van der Waals surface area contributed by atoms with Crippen molar-refractivity contribution >= 4 is 5.91 Å². The van der Waals surface area contributed by atoms with E-state index in [1.54, 1.807) is 17.1 Å². The van der Waals surface area contributed by atoms with Gasteiger partial charge < -0.3 is 9.84 Å². The second kappa shape index (κ2) is 6.36. The molecule has 0 radical (unpaired) electrons. The summed E-state index contributed by atoms with van der Waals surface area (Å²) in [4.78, 5) is 21.0. The summed E-state index contributed by atoms with van der Waals surface area (Å²) < 4.78 is 6.94. The van der Waals surface area contributed by atoms with Crippen LogP contribution in [0.25, 0.3) is 17.3 Å². The molecule has 26 heavy (non-hydrogen) atoms. The number of nitrogens with zero attached hydrogens (tertiary/aromatic N) is 5. The zero-order chi connectivity index (χ0) is 18.3. The number of pyridine rings is 1. The summed E-state index contributed by atoms with van der Waals surface area (Å²) in [5.41, 5.74) is 2.06. The Morgan fingerprint density at radius 3 is 2.73 bits per heavy atom. The Morgan fingerprint density at radius 2 is 2.12 bits per heavy atom. The highest BCUT2D eigenvalue weighted by molar-refractivity contribution is 5.95. The van der Waals surface area contributed by atoms with Crippen molar-refractivity contribution < 1.29 is 9.32 Å². The van der Waals surface area contributed by atoms with E-state index >= 15 is 0 Å². The summed E-state index contributed by atoms with van der Waals surface area (Å²) >= 11 is 0. The largest absolute Gasteiger partial charge is 0.349 e. The molecule has 1 amide bonds. The van der Waals surface area contributed by atoms with Crippen molar-refractivity contribution in [2.75, 3.05) is 0 Å². The Morgan fingerprint density at radius 1 is 1.31 bits per heavy atom. The van der Waals surface area contributed by atoms with Crippen molar-refractivity contribution in [3.05, 3.63) is 41.6 Å². The van der Waals surface area contributed by atoms with Gasteiger partial charge in [-0.2, -0.15) is 10.1 Å². The van der Waals surface area contributed by atoms with E-state index in [9.17, 15) is 4.79 Å². The lowest BCUT2D eigenvalue weighted by Gasteiger charge is -2.05. The van der Waals surface area contributed by atoms with E-state index in [4.69, 9.17) is 4.52 Å². The van der Waals surface area contributed by atoms with Gasteiger partial charge in [-0.05, 0) is 31.9 Å². The van der Waals surface area contributed by atoms with Gasteiger partial charge in [0.25, 0.3) is 11.8 Å². The molecule has 3 aromatic heterocycles. The van der Waals surface area contributed by atoms with Gasteiger partial charge in [0.05, 0.1) is 23.0 Å². The van der Waals surface area contributed by atoms with Gasteiger partial charge in [0.1, 0.15) is 0 Å². The van der Waals surface area contributed by atoms with Gasteiger partial charge in [-0.1, -0.05) is 19.0 Å². The van der Waals surface area contributed by atoms with E-state index in [1.165, 1.54) is 0 Å². The minimum Gasteiger partial charge on any atom is -0.349 e. The summed E-state index contributed by atoms with van der Waals surface area (Å²) in [6.07, 6.45) is 5.35. The van der Waals surface area contributed by atoms with Gasteiger partial charge in [-0.3, -0.25) is 4.79 Å². The summed E-state index contributed by atoms with van der Waals surface area (Å²) in [6, 6.07) is 3.98. The predicted molar refractivity (Wildman–Crippen MR) is 94.0 cm³/mol. The fourth-order valence-corrected chi connectivity index (χ4v) is 2.58. The second-order valence-electron chi connectivity index (χ2n) is 6.82. The molecule has 0 atom stereocenters. The van der Waals surface area contributed by atoms with E-state index in [2.05, 4.69) is 25.5 Å². The maximum atomic E-state index is 12.2. The lowest BCUT2D eigenvalue weighted by atomic mass is 10.2. The minimum absolute atomic E-state index is 0.0834. The molecular formula is C18H20N6O2. The number of amides is 1. The second-order valence-corrected chi connectivity index (χ2v) is 6.82. The van der Waals surface area contributed by atoms with Gasteiger partial charge in [-0.25, -0.2) is 9.67 Å². The Bertz CT molecular complexity index is 937. The molecule has 0 aromatic carbocycles. The van der Waals surface area contributed by atoms with E-state index in [1.807, 2.05) is 32.9 Å². The van der Waals surface area contributed by atoms with Crippen LogP contribution in [0.3, 0.4) is 0 Å². The van der Waals surface area contributed by atoms with E-state index in [0.29, 0.717) is 29.1 Å². The number of carbonyl (C=O) groups is 1. The Kier molecular flexibility index (Phi) is 4.02. The number of aromatic nitrogens is 5. The smallest absolute Gasteiger partial charge is 0.259 e. The number of nitrogens with one attached hydrogen (secondary N) is 1. The molecule has 8 nitrogen and oxygen atoms in total. The van der Waals surface area contributed by atoms with Crippen LogP contribution in [0, 0.1) is 6.92 Å². The van der Waals surface area contributed by atoms with Crippen LogP contribution in [0.15, 0.2) is 29.0 Å². The molecule has 1 N–H and O–H groups in total. The topological polar surface area (TPSA) is 98.7 Å². The van der Waals surface area contributed by atoms with Crippen LogP contribution in [0.5, 0.6) is 0 Å². The highest BCUT2D eigenvalue weighted by Crippen LogP contribution is 2.22. The first kappa shape index (κ1) is 16.4. The average molecular weight is 352 g/mol. The molecule has 8 heteroatoms. The van der Waals surface area contributed by atoms with Crippen LogP contribution in [-0.4, -0.2) is 36.9 Å².